The van der Waals surface area contributed by atoms with Crippen molar-refractivity contribution in [1.29, 1.82) is 0 Å². The van der Waals surface area contributed by atoms with Crippen molar-refractivity contribution in [3.8, 4) is 0 Å². The molecule has 0 aromatic heterocycles. The van der Waals surface area contributed by atoms with Crippen LogP contribution in [0.15, 0.2) is 47.4 Å². The molecule has 0 aliphatic rings. The van der Waals surface area contributed by atoms with Crippen molar-refractivity contribution >= 4 is 27.1 Å². The topological polar surface area (TPSA) is 89.4 Å². The predicted octanol–water partition coefficient (Wildman–Crippen LogP) is 1.82. The summed E-state index contributed by atoms with van der Waals surface area (Å²) in [6.07, 6.45) is 0. The van der Waals surface area contributed by atoms with Crippen LogP contribution in [-0.2, 0) is 10.0 Å². The third-order valence-corrected chi connectivity index (χ3v) is 3.89. The smallest absolute Gasteiger partial charge is 0.240 e. The highest BCUT2D eigenvalue weighted by molar-refractivity contribution is 7.89. The van der Waals surface area contributed by atoms with Gasteiger partial charge in [0.15, 0.2) is 0 Å². The van der Waals surface area contributed by atoms with Crippen molar-refractivity contribution in [3.63, 3.8) is 0 Å². The van der Waals surface area contributed by atoms with E-state index in [9.17, 15) is 12.8 Å². The molecule has 0 radical (unpaired) electrons. The molecule has 5 nitrogen and oxygen atoms in total. The number of hydrogen-bond donors (Lipinski definition) is 2. The minimum absolute atomic E-state index is 0.0215. The minimum atomic E-state index is -3.87. The second kappa shape index (κ2) is 5.10. The Labute approximate surface area is 116 Å². The molecule has 7 heteroatoms. The second-order valence-electron chi connectivity index (χ2n) is 4.28. The van der Waals surface area contributed by atoms with Gasteiger partial charge in [0.2, 0.25) is 10.0 Å². The standard InChI is InChI=1S/C13H14FN3O2S/c1-17(12-5-3-2-4-10(12)14)9-6-7-13(11(15)8-9)20(16,18)19/h2-8H,15H2,1H3,(H2,16,18,19). The zero-order valence-electron chi connectivity index (χ0n) is 10.7. The zero-order chi connectivity index (χ0) is 14.9. The minimum Gasteiger partial charge on any atom is -0.398 e. The second-order valence-corrected chi connectivity index (χ2v) is 5.81. The fraction of sp³-hybridized carbons (Fsp3) is 0.0769. The van der Waals surface area contributed by atoms with Gasteiger partial charge in [0.25, 0.3) is 0 Å². The van der Waals surface area contributed by atoms with E-state index in [4.69, 9.17) is 10.9 Å². The first-order valence-corrected chi connectivity index (χ1v) is 7.26. The van der Waals surface area contributed by atoms with Gasteiger partial charge >= 0.3 is 0 Å². The first-order valence-electron chi connectivity index (χ1n) is 5.71. The van der Waals surface area contributed by atoms with Crippen LogP contribution in [0.3, 0.4) is 0 Å². The fourth-order valence-corrected chi connectivity index (χ4v) is 2.51. The molecule has 0 bridgehead atoms. The van der Waals surface area contributed by atoms with Crippen LogP contribution >= 0.6 is 0 Å². The van der Waals surface area contributed by atoms with Gasteiger partial charge in [-0.15, -0.1) is 0 Å². The summed E-state index contributed by atoms with van der Waals surface area (Å²) in [5.41, 5.74) is 6.62. The van der Waals surface area contributed by atoms with Crippen molar-refractivity contribution in [2.75, 3.05) is 17.7 Å². The number of sulfonamides is 1. The maximum atomic E-state index is 13.7. The molecule has 0 saturated carbocycles. The van der Waals surface area contributed by atoms with E-state index >= 15 is 0 Å². The van der Waals surface area contributed by atoms with Crippen molar-refractivity contribution in [1.82, 2.24) is 0 Å². The van der Waals surface area contributed by atoms with Crippen molar-refractivity contribution in [2.45, 2.75) is 4.90 Å². The quantitative estimate of drug-likeness (QED) is 0.845. The van der Waals surface area contributed by atoms with Crippen LogP contribution in [-0.4, -0.2) is 15.5 Å². The summed E-state index contributed by atoms with van der Waals surface area (Å²) in [5.74, 6) is -0.385. The van der Waals surface area contributed by atoms with Gasteiger partial charge in [0.1, 0.15) is 10.7 Å². The lowest BCUT2D eigenvalue weighted by molar-refractivity contribution is 0.598. The summed E-state index contributed by atoms with van der Waals surface area (Å²) < 4.78 is 36.3. The van der Waals surface area contributed by atoms with Crippen molar-refractivity contribution < 1.29 is 12.8 Å². The number of anilines is 3. The molecule has 0 aliphatic carbocycles. The molecule has 0 aliphatic heterocycles. The highest BCUT2D eigenvalue weighted by Gasteiger charge is 2.15. The summed E-state index contributed by atoms with van der Waals surface area (Å²) in [7, 11) is -2.21. The molecule has 4 N–H and O–H groups in total. The molecule has 0 spiro atoms. The molecule has 2 aromatic carbocycles. The Balaban J connectivity index is 2.45. The number of halogens is 1. The van der Waals surface area contributed by atoms with Gasteiger partial charge in [-0.1, -0.05) is 12.1 Å². The van der Waals surface area contributed by atoms with Crippen LogP contribution in [0.1, 0.15) is 0 Å². The summed E-state index contributed by atoms with van der Waals surface area (Å²) in [6.45, 7) is 0. The van der Waals surface area contributed by atoms with E-state index in [0.717, 1.165) is 0 Å². The number of nitrogen functional groups attached to an aromatic ring is 1. The summed E-state index contributed by atoms with van der Waals surface area (Å²) >= 11 is 0. The Bertz CT molecular complexity index is 747. The maximum Gasteiger partial charge on any atom is 0.240 e. The number of nitrogens with two attached hydrogens (primary N) is 2. The van der Waals surface area contributed by atoms with Gasteiger partial charge in [0, 0.05) is 12.7 Å². The van der Waals surface area contributed by atoms with Crippen LogP contribution in [0.4, 0.5) is 21.5 Å². The van der Waals surface area contributed by atoms with Crippen molar-refractivity contribution in [2.24, 2.45) is 5.14 Å². The third-order valence-electron chi connectivity index (χ3n) is 2.90. The van der Waals surface area contributed by atoms with Gasteiger partial charge < -0.3 is 10.6 Å². The molecule has 0 fully saturated rings. The maximum absolute atomic E-state index is 13.7. The molecule has 106 valence electrons. The van der Waals surface area contributed by atoms with Crippen LogP contribution < -0.4 is 15.8 Å². The Hall–Kier alpha value is -2.12. The van der Waals surface area contributed by atoms with Crippen LogP contribution in [0, 0.1) is 5.82 Å². The average Bonchev–Trinajstić information content (AvgIpc) is 2.37. The summed E-state index contributed by atoms with van der Waals surface area (Å²) in [5, 5.41) is 5.04. The Morgan fingerprint density at radius 1 is 1.15 bits per heavy atom. The van der Waals surface area contributed by atoms with Gasteiger partial charge in [-0.25, -0.2) is 17.9 Å². The highest BCUT2D eigenvalue weighted by atomic mass is 32.2. The number of para-hydroxylation sites is 1. The fourth-order valence-electron chi connectivity index (χ4n) is 1.87. The molecule has 2 rings (SSSR count). The van der Waals surface area contributed by atoms with Crippen LogP contribution in [0.5, 0.6) is 0 Å². The molecular formula is C13H14FN3O2S. The van der Waals surface area contributed by atoms with Crippen LogP contribution in [0.2, 0.25) is 0 Å². The number of benzene rings is 2. The number of nitrogens with zero attached hydrogens (tertiary/aromatic N) is 1. The van der Waals surface area contributed by atoms with E-state index in [1.165, 1.54) is 24.3 Å². The van der Waals surface area contributed by atoms with E-state index in [1.807, 2.05) is 0 Å². The predicted molar refractivity (Wildman–Crippen MR) is 76.7 cm³/mol. The summed E-state index contributed by atoms with van der Waals surface area (Å²) in [6, 6.07) is 10.5. The molecule has 0 unspecified atom stereocenters. The zero-order valence-corrected chi connectivity index (χ0v) is 11.6. The number of primary sulfonamides is 1. The molecule has 0 amide bonds. The largest absolute Gasteiger partial charge is 0.398 e. The normalized spacial score (nSPS) is 11.3. The van der Waals surface area contributed by atoms with Gasteiger partial charge in [-0.3, -0.25) is 0 Å². The first-order chi connectivity index (χ1) is 9.30. The first kappa shape index (κ1) is 14.3. The van der Waals surface area contributed by atoms with Gasteiger partial charge in [-0.2, -0.15) is 0 Å². The third kappa shape index (κ3) is 2.73. The van der Waals surface area contributed by atoms with E-state index < -0.39 is 10.0 Å². The molecule has 20 heavy (non-hydrogen) atoms. The molecule has 2 aromatic rings. The summed E-state index contributed by atoms with van der Waals surface area (Å²) in [4.78, 5) is 1.42. The molecule has 0 atom stereocenters. The van der Waals surface area contributed by atoms with Crippen molar-refractivity contribution in [3.05, 3.63) is 48.3 Å². The SMILES string of the molecule is CN(c1ccc(S(N)(=O)=O)c(N)c1)c1ccccc1F. The number of rotatable bonds is 3. The molecule has 0 heterocycles. The monoisotopic (exact) mass is 295 g/mol. The van der Waals surface area contributed by atoms with Gasteiger partial charge in [0.05, 0.1) is 11.4 Å². The van der Waals surface area contributed by atoms with E-state index in [0.29, 0.717) is 11.4 Å². The lowest BCUT2D eigenvalue weighted by Crippen LogP contribution is -2.16. The van der Waals surface area contributed by atoms with E-state index in [-0.39, 0.29) is 16.4 Å². The van der Waals surface area contributed by atoms with E-state index in [1.54, 1.807) is 30.1 Å². The Morgan fingerprint density at radius 3 is 2.35 bits per heavy atom. The molecule has 0 saturated heterocycles. The lowest BCUT2D eigenvalue weighted by Gasteiger charge is -2.21. The van der Waals surface area contributed by atoms with E-state index in [2.05, 4.69) is 0 Å². The van der Waals surface area contributed by atoms with Gasteiger partial charge in [-0.05, 0) is 30.3 Å². The average molecular weight is 295 g/mol. The lowest BCUT2D eigenvalue weighted by atomic mass is 10.2. The highest BCUT2D eigenvalue weighted by Crippen LogP contribution is 2.29. The Morgan fingerprint density at radius 2 is 1.80 bits per heavy atom. The number of hydrogen-bond acceptors (Lipinski definition) is 4. The molecular weight excluding hydrogens is 281 g/mol. The van der Waals surface area contributed by atoms with Crippen LogP contribution in [0.25, 0.3) is 0 Å². The Kier molecular flexibility index (Phi) is 3.65.